The second-order valence-corrected chi connectivity index (χ2v) is 8.98. The van der Waals surface area contributed by atoms with Gasteiger partial charge < -0.3 is 0 Å². The fourth-order valence-electron chi connectivity index (χ4n) is 4.24. The lowest BCUT2D eigenvalue weighted by molar-refractivity contribution is 0.345. The highest BCUT2D eigenvalue weighted by atomic mass is 32.2. The van der Waals surface area contributed by atoms with E-state index in [1.807, 2.05) is 30.3 Å². The molecule has 0 radical (unpaired) electrons. The Kier molecular flexibility index (Phi) is 4.67. The third-order valence-electron chi connectivity index (χ3n) is 5.42. The lowest BCUT2D eigenvalue weighted by Crippen LogP contribution is -2.41. The van der Waals surface area contributed by atoms with E-state index in [0.29, 0.717) is 6.54 Å². The Hall–Kier alpha value is -1.98. The molecule has 1 aliphatic heterocycles. The summed E-state index contributed by atoms with van der Waals surface area (Å²) in [6.45, 7) is 0.531. The Bertz CT molecular complexity index is 907. The predicted molar refractivity (Wildman–Crippen MR) is 101 cm³/mol. The monoisotopic (exact) mass is 371 g/mol. The minimum atomic E-state index is -3.41. The quantitative estimate of drug-likeness (QED) is 0.754. The Morgan fingerprint density at radius 3 is 2.50 bits per heavy atom. The van der Waals surface area contributed by atoms with Gasteiger partial charge in [0.2, 0.25) is 10.0 Å². The number of benzene rings is 2. The smallest absolute Gasteiger partial charge is 0.212 e. The molecule has 2 aromatic carbocycles. The van der Waals surface area contributed by atoms with Gasteiger partial charge in [0.1, 0.15) is 5.82 Å². The summed E-state index contributed by atoms with van der Waals surface area (Å²) >= 11 is 0. The largest absolute Gasteiger partial charge is 0.218 e. The van der Waals surface area contributed by atoms with Crippen molar-refractivity contribution in [1.82, 2.24) is 4.31 Å². The summed E-state index contributed by atoms with van der Waals surface area (Å²) in [5.41, 5.74) is 3.03. The van der Waals surface area contributed by atoms with Gasteiger partial charge in [0, 0.05) is 12.5 Å². The molecule has 0 bridgehead atoms. The van der Waals surface area contributed by atoms with Crippen molar-refractivity contribution in [2.24, 2.45) is 0 Å². The van der Waals surface area contributed by atoms with Gasteiger partial charge in [-0.05, 0) is 42.5 Å². The van der Waals surface area contributed by atoms with Gasteiger partial charge in [-0.25, -0.2) is 12.8 Å². The van der Waals surface area contributed by atoms with E-state index in [2.05, 4.69) is 6.08 Å². The topological polar surface area (TPSA) is 37.4 Å². The zero-order chi connectivity index (χ0) is 18.1. The molecule has 5 heteroatoms. The summed E-state index contributed by atoms with van der Waals surface area (Å²) in [6, 6.07) is 15.7. The van der Waals surface area contributed by atoms with Gasteiger partial charge in [-0.1, -0.05) is 54.1 Å². The van der Waals surface area contributed by atoms with E-state index in [1.165, 1.54) is 17.7 Å². The Labute approximate surface area is 154 Å². The number of hydrogen-bond acceptors (Lipinski definition) is 2. The van der Waals surface area contributed by atoms with Crippen LogP contribution in [0.15, 0.2) is 66.2 Å². The minimum absolute atomic E-state index is 0.0216. The van der Waals surface area contributed by atoms with Crippen LogP contribution in [-0.2, 0) is 15.8 Å². The van der Waals surface area contributed by atoms with E-state index in [0.717, 1.165) is 30.4 Å². The van der Waals surface area contributed by atoms with E-state index < -0.39 is 10.0 Å². The molecule has 1 saturated heterocycles. The molecular weight excluding hydrogens is 349 g/mol. The molecule has 1 aliphatic carbocycles. The molecule has 0 amide bonds. The maximum atomic E-state index is 13.3. The lowest BCUT2D eigenvalue weighted by atomic mass is 9.80. The van der Waals surface area contributed by atoms with Crippen LogP contribution in [0.2, 0.25) is 0 Å². The van der Waals surface area contributed by atoms with Crippen LogP contribution >= 0.6 is 0 Å². The number of halogens is 1. The first-order valence-corrected chi connectivity index (χ1v) is 10.6. The molecule has 2 atom stereocenters. The Morgan fingerprint density at radius 2 is 1.77 bits per heavy atom. The normalized spacial score (nSPS) is 23.5. The van der Waals surface area contributed by atoms with Crippen molar-refractivity contribution in [2.75, 3.05) is 6.54 Å². The minimum Gasteiger partial charge on any atom is -0.212 e. The lowest BCUT2D eigenvalue weighted by Gasteiger charge is -2.34. The zero-order valence-corrected chi connectivity index (χ0v) is 15.3. The van der Waals surface area contributed by atoms with Gasteiger partial charge in [0.15, 0.2) is 0 Å². The highest BCUT2D eigenvalue weighted by Gasteiger charge is 2.43. The van der Waals surface area contributed by atoms with E-state index in [-0.39, 0.29) is 23.5 Å². The molecule has 1 fully saturated rings. The summed E-state index contributed by atoms with van der Waals surface area (Å²) in [5.74, 6) is -0.155. The maximum Gasteiger partial charge on any atom is 0.218 e. The number of sulfonamides is 1. The standard InChI is InChI=1S/C21H22FNO2S/c22-19-11-9-17(10-12-19)20-8-4-7-18-13-14-23(21(18)20)26(24,25)15-16-5-2-1-3-6-16/h1-3,5-7,9-12,20-21H,4,8,13-15H2/t20-,21+/m0/s1. The van der Waals surface area contributed by atoms with E-state index in [9.17, 15) is 12.8 Å². The molecule has 1 heterocycles. The van der Waals surface area contributed by atoms with Crippen molar-refractivity contribution >= 4 is 10.0 Å². The van der Waals surface area contributed by atoms with Crippen LogP contribution in [0.25, 0.3) is 0 Å². The number of nitrogens with zero attached hydrogens (tertiary/aromatic N) is 1. The molecule has 2 aliphatic rings. The van der Waals surface area contributed by atoms with Gasteiger partial charge >= 0.3 is 0 Å². The number of allylic oxidation sites excluding steroid dienone is 1. The van der Waals surface area contributed by atoms with Gasteiger partial charge in [-0.15, -0.1) is 0 Å². The van der Waals surface area contributed by atoms with E-state index in [4.69, 9.17) is 0 Å². The summed E-state index contributed by atoms with van der Waals surface area (Å²) in [7, 11) is -3.41. The van der Waals surface area contributed by atoms with Gasteiger partial charge in [0.05, 0.1) is 11.8 Å². The second kappa shape index (κ2) is 6.97. The molecule has 0 saturated carbocycles. The second-order valence-electron chi connectivity index (χ2n) is 7.06. The molecule has 136 valence electrons. The highest BCUT2D eigenvalue weighted by molar-refractivity contribution is 7.88. The van der Waals surface area contributed by atoms with Crippen LogP contribution in [0.3, 0.4) is 0 Å². The highest BCUT2D eigenvalue weighted by Crippen LogP contribution is 2.43. The summed E-state index contributed by atoms with van der Waals surface area (Å²) in [5, 5.41) is 0. The SMILES string of the molecule is O=S(=O)(Cc1ccccc1)N1CCC2=CCC[C@@H](c3ccc(F)cc3)[C@@H]21. The molecule has 2 aromatic rings. The van der Waals surface area contributed by atoms with Crippen molar-refractivity contribution in [3.63, 3.8) is 0 Å². The third-order valence-corrected chi connectivity index (χ3v) is 7.25. The summed E-state index contributed by atoms with van der Waals surface area (Å²) in [4.78, 5) is 0. The molecule has 4 rings (SSSR count). The molecule has 3 nitrogen and oxygen atoms in total. The Morgan fingerprint density at radius 1 is 1.04 bits per heavy atom. The summed E-state index contributed by atoms with van der Waals surface area (Å²) < 4.78 is 41.2. The fraction of sp³-hybridized carbons (Fsp3) is 0.333. The van der Waals surface area contributed by atoms with Crippen molar-refractivity contribution < 1.29 is 12.8 Å². The molecular formula is C21H22FNO2S. The number of hydrogen-bond donors (Lipinski definition) is 0. The van der Waals surface area contributed by atoms with Crippen LogP contribution < -0.4 is 0 Å². The van der Waals surface area contributed by atoms with Crippen molar-refractivity contribution in [1.29, 1.82) is 0 Å². The van der Waals surface area contributed by atoms with Crippen LogP contribution in [0.1, 0.15) is 36.3 Å². The predicted octanol–water partition coefficient (Wildman–Crippen LogP) is 4.23. The third kappa shape index (κ3) is 3.33. The fourth-order valence-corrected chi connectivity index (χ4v) is 6.02. The first kappa shape index (κ1) is 17.4. The first-order chi connectivity index (χ1) is 12.5. The van der Waals surface area contributed by atoms with Crippen molar-refractivity contribution in [2.45, 2.75) is 37.0 Å². The zero-order valence-electron chi connectivity index (χ0n) is 14.5. The average molecular weight is 371 g/mol. The maximum absolute atomic E-state index is 13.3. The van der Waals surface area contributed by atoms with E-state index >= 15 is 0 Å². The van der Waals surface area contributed by atoms with Crippen molar-refractivity contribution in [3.05, 3.63) is 83.2 Å². The molecule has 26 heavy (non-hydrogen) atoms. The van der Waals surface area contributed by atoms with Crippen LogP contribution in [0.4, 0.5) is 4.39 Å². The Balaban J connectivity index is 1.65. The number of fused-ring (bicyclic) bond motifs is 1. The van der Waals surface area contributed by atoms with Crippen LogP contribution in [0, 0.1) is 5.82 Å². The van der Waals surface area contributed by atoms with Crippen LogP contribution in [0.5, 0.6) is 0 Å². The van der Waals surface area contributed by atoms with Crippen molar-refractivity contribution in [3.8, 4) is 0 Å². The van der Waals surface area contributed by atoms with Crippen LogP contribution in [-0.4, -0.2) is 25.3 Å². The molecule has 0 aromatic heterocycles. The molecule has 0 spiro atoms. The first-order valence-electron chi connectivity index (χ1n) is 9.02. The molecule has 0 N–H and O–H groups in total. The van der Waals surface area contributed by atoms with Gasteiger partial charge in [-0.2, -0.15) is 4.31 Å². The van der Waals surface area contributed by atoms with E-state index in [1.54, 1.807) is 16.4 Å². The van der Waals surface area contributed by atoms with Gasteiger partial charge in [-0.3, -0.25) is 0 Å². The molecule has 0 unspecified atom stereocenters. The summed E-state index contributed by atoms with van der Waals surface area (Å²) in [6.07, 6.45) is 4.82. The number of rotatable bonds is 4. The average Bonchev–Trinajstić information content (AvgIpc) is 3.08. The van der Waals surface area contributed by atoms with Gasteiger partial charge in [0.25, 0.3) is 0 Å².